The molecule has 0 fully saturated rings. The number of fused-ring (bicyclic) bond motifs is 1. The Labute approximate surface area is 175 Å². The van der Waals surface area contributed by atoms with E-state index in [2.05, 4.69) is 52.0 Å². The highest BCUT2D eigenvalue weighted by atomic mass is 32.2. The van der Waals surface area contributed by atoms with Gasteiger partial charge in [-0.25, -0.2) is 4.98 Å². The second-order valence-electron chi connectivity index (χ2n) is 6.78. The summed E-state index contributed by atoms with van der Waals surface area (Å²) in [7, 11) is 0. The molecule has 0 atom stereocenters. The van der Waals surface area contributed by atoms with Gasteiger partial charge in [0.25, 0.3) is 5.56 Å². The summed E-state index contributed by atoms with van der Waals surface area (Å²) in [5.41, 5.74) is 1.85. The lowest BCUT2D eigenvalue weighted by molar-refractivity contribution is 0.626. The van der Waals surface area contributed by atoms with E-state index in [1.54, 1.807) is 39.8 Å². The maximum absolute atomic E-state index is 12.2. The molecule has 9 heteroatoms. The van der Waals surface area contributed by atoms with E-state index in [-0.39, 0.29) is 5.56 Å². The van der Waals surface area contributed by atoms with E-state index in [0.717, 1.165) is 40.2 Å². The highest BCUT2D eigenvalue weighted by molar-refractivity contribution is 7.98. The van der Waals surface area contributed by atoms with Crippen LogP contribution in [0.1, 0.15) is 43.7 Å². The Balaban J connectivity index is 1.60. The van der Waals surface area contributed by atoms with Crippen molar-refractivity contribution in [3.63, 3.8) is 0 Å². The van der Waals surface area contributed by atoms with Gasteiger partial charge in [-0.05, 0) is 18.4 Å². The molecule has 0 unspecified atom stereocenters. The van der Waals surface area contributed by atoms with Crippen molar-refractivity contribution in [2.75, 3.05) is 0 Å². The third-order valence-corrected chi connectivity index (χ3v) is 7.31. The van der Waals surface area contributed by atoms with E-state index >= 15 is 0 Å². The number of hydrogen-bond acceptors (Lipinski definition) is 7. The first-order valence-electron chi connectivity index (χ1n) is 9.17. The average Bonchev–Trinajstić information content (AvgIpc) is 3.39. The maximum atomic E-state index is 12.2. The minimum atomic E-state index is -0.0444. The molecule has 0 aliphatic carbocycles. The first-order valence-corrected chi connectivity index (χ1v) is 11.9. The van der Waals surface area contributed by atoms with Gasteiger partial charge in [0, 0.05) is 45.8 Å². The van der Waals surface area contributed by atoms with Crippen LogP contribution in [0, 0.1) is 0 Å². The highest BCUT2D eigenvalue weighted by Crippen LogP contribution is 2.31. The second-order valence-corrected chi connectivity index (χ2v) is 9.54. The molecule has 0 bridgehead atoms. The topological polar surface area (TPSA) is 65.1 Å². The SMILES string of the molecule is CCCn1c(SCc2cc(=O)n3ccsc3n2)nnc1-c1csc(C(C)C)c1. The van der Waals surface area contributed by atoms with E-state index < -0.39 is 0 Å². The molecule has 0 radical (unpaired) electrons. The molecule has 4 heterocycles. The lowest BCUT2D eigenvalue weighted by Crippen LogP contribution is -2.12. The molecule has 0 saturated heterocycles. The monoisotopic (exact) mass is 431 g/mol. The Kier molecular flexibility index (Phi) is 5.65. The molecule has 4 rings (SSSR count). The third kappa shape index (κ3) is 3.78. The number of hydrogen-bond donors (Lipinski definition) is 0. The summed E-state index contributed by atoms with van der Waals surface area (Å²) in [5, 5.41) is 13.8. The van der Waals surface area contributed by atoms with Crippen molar-refractivity contribution in [3.8, 4) is 11.4 Å². The number of thioether (sulfide) groups is 1. The number of rotatable bonds is 7. The van der Waals surface area contributed by atoms with Gasteiger partial charge in [-0.2, -0.15) is 0 Å². The molecule has 0 N–H and O–H groups in total. The summed E-state index contributed by atoms with van der Waals surface area (Å²) < 4.78 is 3.74. The van der Waals surface area contributed by atoms with Gasteiger partial charge < -0.3 is 4.57 Å². The van der Waals surface area contributed by atoms with Crippen LogP contribution in [-0.4, -0.2) is 24.1 Å². The summed E-state index contributed by atoms with van der Waals surface area (Å²) in [5.74, 6) is 2.01. The lowest BCUT2D eigenvalue weighted by atomic mass is 10.1. The van der Waals surface area contributed by atoms with Crippen molar-refractivity contribution in [1.29, 1.82) is 0 Å². The van der Waals surface area contributed by atoms with E-state index in [4.69, 9.17) is 0 Å². The molecule has 0 aromatic carbocycles. The number of aromatic nitrogens is 5. The third-order valence-electron chi connectivity index (χ3n) is 4.32. The standard InChI is InChI=1S/C19H21N5OS3/c1-4-5-24-17(13-8-15(12(2)3)27-10-13)21-22-19(24)28-11-14-9-16(25)23-6-7-26-18(23)20-14/h6-10,12H,4-5,11H2,1-3H3. The van der Waals surface area contributed by atoms with Crippen molar-refractivity contribution in [3.05, 3.63) is 50.0 Å². The Morgan fingerprint density at radius 2 is 2.07 bits per heavy atom. The summed E-state index contributed by atoms with van der Waals surface area (Å²) >= 11 is 4.81. The van der Waals surface area contributed by atoms with Crippen LogP contribution in [-0.2, 0) is 12.3 Å². The summed E-state index contributed by atoms with van der Waals surface area (Å²) in [4.78, 5) is 18.8. The average molecular weight is 432 g/mol. The second kappa shape index (κ2) is 8.18. The van der Waals surface area contributed by atoms with Crippen LogP contribution in [0.25, 0.3) is 16.3 Å². The smallest absolute Gasteiger partial charge is 0.258 e. The zero-order valence-electron chi connectivity index (χ0n) is 16.0. The fourth-order valence-corrected chi connectivity index (χ4v) is 5.41. The molecule has 4 aromatic rings. The van der Waals surface area contributed by atoms with Crippen molar-refractivity contribution >= 4 is 39.4 Å². The first-order chi connectivity index (χ1) is 13.6. The predicted octanol–water partition coefficient (Wildman–Crippen LogP) is 4.90. The molecular formula is C19H21N5OS3. The molecule has 0 saturated carbocycles. The Morgan fingerprint density at radius 1 is 1.21 bits per heavy atom. The van der Waals surface area contributed by atoms with Gasteiger partial charge in [0.1, 0.15) is 0 Å². The van der Waals surface area contributed by atoms with E-state index in [1.807, 2.05) is 5.38 Å². The van der Waals surface area contributed by atoms with Crippen LogP contribution in [0.2, 0.25) is 0 Å². The number of thiophene rings is 1. The van der Waals surface area contributed by atoms with Crippen LogP contribution in [0.3, 0.4) is 0 Å². The van der Waals surface area contributed by atoms with Crippen molar-refractivity contribution in [1.82, 2.24) is 24.1 Å². The highest BCUT2D eigenvalue weighted by Gasteiger charge is 2.16. The molecule has 0 aliphatic rings. The molecule has 4 aromatic heterocycles. The quantitative estimate of drug-likeness (QED) is 0.389. The Bertz CT molecular complexity index is 1150. The zero-order chi connectivity index (χ0) is 19.7. The van der Waals surface area contributed by atoms with Crippen LogP contribution in [0.5, 0.6) is 0 Å². The minimum Gasteiger partial charge on any atom is -0.302 e. The minimum absolute atomic E-state index is 0.0444. The Morgan fingerprint density at radius 3 is 2.82 bits per heavy atom. The van der Waals surface area contributed by atoms with Gasteiger partial charge in [-0.15, -0.1) is 32.9 Å². The van der Waals surface area contributed by atoms with Gasteiger partial charge in [0.15, 0.2) is 15.9 Å². The molecule has 6 nitrogen and oxygen atoms in total. The lowest BCUT2D eigenvalue weighted by Gasteiger charge is -2.08. The van der Waals surface area contributed by atoms with Gasteiger partial charge in [-0.1, -0.05) is 32.5 Å². The van der Waals surface area contributed by atoms with Gasteiger partial charge in [0.05, 0.1) is 5.69 Å². The molecule has 0 aliphatic heterocycles. The molecule has 0 spiro atoms. The van der Waals surface area contributed by atoms with Crippen LogP contribution in [0.4, 0.5) is 0 Å². The molecule has 0 amide bonds. The van der Waals surface area contributed by atoms with Gasteiger partial charge in [0.2, 0.25) is 0 Å². The fourth-order valence-electron chi connectivity index (χ4n) is 2.91. The zero-order valence-corrected chi connectivity index (χ0v) is 18.4. The summed E-state index contributed by atoms with van der Waals surface area (Å²) in [6.07, 6.45) is 2.75. The van der Waals surface area contributed by atoms with Gasteiger partial charge >= 0.3 is 0 Å². The normalized spacial score (nSPS) is 11.7. The predicted molar refractivity (Wildman–Crippen MR) is 117 cm³/mol. The van der Waals surface area contributed by atoms with Crippen LogP contribution < -0.4 is 5.56 Å². The van der Waals surface area contributed by atoms with E-state index in [9.17, 15) is 4.79 Å². The Hall–Kier alpha value is -1.97. The van der Waals surface area contributed by atoms with Crippen molar-refractivity contribution in [2.45, 2.75) is 50.6 Å². The number of thiazole rings is 1. The van der Waals surface area contributed by atoms with Crippen molar-refractivity contribution < 1.29 is 0 Å². The fraction of sp³-hybridized carbons (Fsp3) is 0.368. The largest absolute Gasteiger partial charge is 0.302 e. The van der Waals surface area contributed by atoms with Gasteiger partial charge in [-0.3, -0.25) is 9.20 Å². The van der Waals surface area contributed by atoms with Crippen molar-refractivity contribution in [2.24, 2.45) is 0 Å². The maximum Gasteiger partial charge on any atom is 0.258 e. The van der Waals surface area contributed by atoms with Crippen LogP contribution >= 0.6 is 34.4 Å². The van der Waals surface area contributed by atoms with Crippen LogP contribution in [0.15, 0.2) is 39.0 Å². The molecule has 146 valence electrons. The summed E-state index contributed by atoms with van der Waals surface area (Å²) in [6, 6.07) is 3.81. The number of nitrogens with zero attached hydrogens (tertiary/aromatic N) is 5. The molecule has 28 heavy (non-hydrogen) atoms. The first kappa shape index (κ1) is 19.4. The molecular weight excluding hydrogens is 410 g/mol. The van der Waals surface area contributed by atoms with E-state index in [0.29, 0.717) is 11.7 Å². The van der Waals surface area contributed by atoms with E-state index in [1.165, 1.54) is 16.2 Å². The summed E-state index contributed by atoms with van der Waals surface area (Å²) in [6.45, 7) is 7.41.